The smallest absolute Gasteiger partial charge is 0.115 e. The van der Waals surface area contributed by atoms with Crippen LogP contribution in [-0.2, 0) is 6.42 Å². The third kappa shape index (κ3) is 3.23. The molecule has 4 nitrogen and oxygen atoms in total. The molecule has 1 aromatic heterocycles. The number of hydrogen-bond acceptors (Lipinski definition) is 4. The third-order valence-electron chi connectivity index (χ3n) is 2.51. The van der Waals surface area contributed by atoms with Gasteiger partial charge in [0.2, 0.25) is 0 Å². The van der Waals surface area contributed by atoms with Crippen molar-refractivity contribution in [3.05, 3.63) is 59.1 Å². The van der Waals surface area contributed by atoms with Gasteiger partial charge in [-0.1, -0.05) is 23.7 Å². The van der Waals surface area contributed by atoms with Gasteiger partial charge in [0.05, 0.1) is 6.04 Å². The molecule has 5 heteroatoms. The Hall–Kier alpha value is -1.49. The van der Waals surface area contributed by atoms with Crippen LogP contribution in [0.2, 0.25) is 5.02 Å². The monoisotopic (exact) mass is 248 g/mol. The fourth-order valence-electron chi connectivity index (χ4n) is 1.66. The van der Waals surface area contributed by atoms with E-state index in [2.05, 4.69) is 15.4 Å². The molecule has 2 rings (SSSR count). The molecule has 0 aliphatic carbocycles. The highest BCUT2D eigenvalue weighted by Gasteiger charge is 2.11. The summed E-state index contributed by atoms with van der Waals surface area (Å²) in [7, 11) is 0. The first-order valence-electron chi connectivity index (χ1n) is 5.25. The lowest BCUT2D eigenvalue weighted by Crippen LogP contribution is -2.29. The quantitative estimate of drug-likeness (QED) is 0.641. The predicted octanol–water partition coefficient (Wildman–Crippen LogP) is 1.88. The molecule has 2 aromatic rings. The average Bonchev–Trinajstić information content (AvgIpc) is 2.37. The second-order valence-corrected chi connectivity index (χ2v) is 4.16. The van der Waals surface area contributed by atoms with Crippen molar-refractivity contribution in [2.45, 2.75) is 12.5 Å². The van der Waals surface area contributed by atoms with Gasteiger partial charge in [-0.3, -0.25) is 11.3 Å². The summed E-state index contributed by atoms with van der Waals surface area (Å²) in [5, 5.41) is 0.725. The van der Waals surface area contributed by atoms with Gasteiger partial charge in [0.15, 0.2) is 0 Å². The zero-order valence-corrected chi connectivity index (χ0v) is 9.93. The Morgan fingerprint density at radius 2 is 2.06 bits per heavy atom. The molecular formula is C12H13ClN4. The fourth-order valence-corrected chi connectivity index (χ4v) is 1.88. The summed E-state index contributed by atoms with van der Waals surface area (Å²) in [4.78, 5) is 7.96. The maximum Gasteiger partial charge on any atom is 0.115 e. The van der Waals surface area contributed by atoms with Gasteiger partial charge in [-0.2, -0.15) is 0 Å². The van der Waals surface area contributed by atoms with E-state index >= 15 is 0 Å². The average molecular weight is 249 g/mol. The molecule has 17 heavy (non-hydrogen) atoms. The molecule has 0 fully saturated rings. The van der Waals surface area contributed by atoms with Crippen molar-refractivity contribution < 1.29 is 0 Å². The Morgan fingerprint density at radius 3 is 2.71 bits per heavy atom. The summed E-state index contributed by atoms with van der Waals surface area (Å²) in [6.45, 7) is 0. The molecule has 3 N–H and O–H groups in total. The molecule has 0 aliphatic heterocycles. The zero-order valence-electron chi connectivity index (χ0n) is 9.18. The minimum atomic E-state index is -0.0188. The van der Waals surface area contributed by atoms with E-state index < -0.39 is 0 Å². The Balaban J connectivity index is 2.16. The second kappa shape index (κ2) is 5.72. The van der Waals surface area contributed by atoms with Crippen LogP contribution < -0.4 is 11.3 Å². The van der Waals surface area contributed by atoms with Crippen LogP contribution in [0.4, 0.5) is 0 Å². The highest BCUT2D eigenvalue weighted by atomic mass is 35.5. The molecule has 0 aliphatic rings. The van der Waals surface area contributed by atoms with Gasteiger partial charge in [-0.25, -0.2) is 9.97 Å². The summed E-state index contributed by atoms with van der Waals surface area (Å²) < 4.78 is 0. The van der Waals surface area contributed by atoms with Crippen LogP contribution in [0.1, 0.15) is 17.2 Å². The van der Waals surface area contributed by atoms with E-state index in [-0.39, 0.29) is 6.04 Å². The van der Waals surface area contributed by atoms with Crippen molar-refractivity contribution in [1.82, 2.24) is 15.4 Å². The van der Waals surface area contributed by atoms with Gasteiger partial charge in [0.25, 0.3) is 0 Å². The first-order chi connectivity index (χ1) is 8.29. The number of halogens is 1. The number of rotatable bonds is 4. The van der Waals surface area contributed by atoms with Crippen LogP contribution in [0, 0.1) is 0 Å². The van der Waals surface area contributed by atoms with Gasteiger partial charge in [-0.05, 0) is 24.1 Å². The highest BCUT2D eigenvalue weighted by Crippen LogP contribution is 2.18. The van der Waals surface area contributed by atoms with Crippen LogP contribution in [0.15, 0.2) is 43.0 Å². The first kappa shape index (κ1) is 12.0. The van der Waals surface area contributed by atoms with Crippen molar-refractivity contribution in [3.63, 3.8) is 0 Å². The summed E-state index contributed by atoms with van der Waals surface area (Å²) in [6, 6.07) is 7.69. The fraction of sp³-hybridized carbons (Fsp3) is 0.167. The Kier molecular flexibility index (Phi) is 4.03. The maximum atomic E-state index is 5.94. The molecule has 1 heterocycles. The lowest BCUT2D eigenvalue weighted by Gasteiger charge is -2.15. The molecule has 1 unspecified atom stereocenters. The van der Waals surface area contributed by atoms with Gasteiger partial charge < -0.3 is 0 Å². The molecular weight excluding hydrogens is 236 g/mol. The molecule has 1 aromatic carbocycles. The number of aromatic nitrogens is 2. The van der Waals surface area contributed by atoms with Crippen molar-refractivity contribution in [1.29, 1.82) is 0 Å². The van der Waals surface area contributed by atoms with Gasteiger partial charge in [0, 0.05) is 23.0 Å². The van der Waals surface area contributed by atoms with Gasteiger partial charge in [-0.15, -0.1) is 0 Å². The summed E-state index contributed by atoms with van der Waals surface area (Å²) >= 11 is 5.94. The summed E-state index contributed by atoms with van der Waals surface area (Å²) in [5.74, 6) is 5.55. The molecule has 88 valence electrons. The van der Waals surface area contributed by atoms with Crippen molar-refractivity contribution >= 4 is 11.6 Å². The molecule has 0 amide bonds. The molecule has 1 atom stereocenters. The molecule has 0 radical (unpaired) electrons. The number of nitrogens with zero attached hydrogens (tertiary/aromatic N) is 2. The summed E-state index contributed by atoms with van der Waals surface area (Å²) in [6.07, 6.45) is 5.74. The number of benzene rings is 1. The Morgan fingerprint density at radius 1 is 1.29 bits per heavy atom. The van der Waals surface area contributed by atoms with E-state index in [0.717, 1.165) is 22.6 Å². The lowest BCUT2D eigenvalue weighted by atomic mass is 10.0. The minimum absolute atomic E-state index is 0.0188. The van der Waals surface area contributed by atoms with E-state index in [1.165, 1.54) is 6.33 Å². The van der Waals surface area contributed by atoms with E-state index in [1.54, 1.807) is 12.4 Å². The Labute approximate surface area is 105 Å². The summed E-state index contributed by atoms with van der Waals surface area (Å²) in [5.41, 5.74) is 4.83. The minimum Gasteiger partial charge on any atom is -0.271 e. The third-order valence-corrected chi connectivity index (χ3v) is 2.75. The van der Waals surface area contributed by atoms with Crippen molar-refractivity contribution in [2.75, 3.05) is 0 Å². The standard InChI is InChI=1S/C12H13ClN4/c13-11-3-1-2-9(4-11)5-12(17-14)10-6-15-8-16-7-10/h1-4,6-8,12,17H,5,14H2. The van der Waals surface area contributed by atoms with E-state index in [1.807, 2.05) is 24.3 Å². The van der Waals surface area contributed by atoms with Gasteiger partial charge in [0.1, 0.15) is 6.33 Å². The van der Waals surface area contributed by atoms with E-state index in [0.29, 0.717) is 0 Å². The van der Waals surface area contributed by atoms with Crippen LogP contribution >= 0.6 is 11.6 Å². The molecule has 0 saturated carbocycles. The number of hydrogen-bond donors (Lipinski definition) is 2. The van der Waals surface area contributed by atoms with Crippen LogP contribution in [0.3, 0.4) is 0 Å². The van der Waals surface area contributed by atoms with Crippen molar-refractivity contribution in [2.24, 2.45) is 5.84 Å². The molecule has 0 saturated heterocycles. The van der Waals surface area contributed by atoms with E-state index in [9.17, 15) is 0 Å². The molecule has 0 bridgehead atoms. The molecule has 0 spiro atoms. The lowest BCUT2D eigenvalue weighted by molar-refractivity contribution is 0.548. The predicted molar refractivity (Wildman–Crippen MR) is 67.3 cm³/mol. The normalized spacial score (nSPS) is 12.4. The number of nitrogens with two attached hydrogens (primary N) is 1. The van der Waals surface area contributed by atoms with Gasteiger partial charge >= 0.3 is 0 Å². The van der Waals surface area contributed by atoms with Crippen LogP contribution in [0.5, 0.6) is 0 Å². The largest absolute Gasteiger partial charge is 0.271 e. The zero-order chi connectivity index (χ0) is 12.1. The SMILES string of the molecule is NNC(Cc1cccc(Cl)c1)c1cncnc1. The van der Waals surface area contributed by atoms with Crippen LogP contribution in [0.25, 0.3) is 0 Å². The van der Waals surface area contributed by atoms with Crippen molar-refractivity contribution in [3.8, 4) is 0 Å². The Bertz CT molecular complexity index is 475. The highest BCUT2D eigenvalue weighted by molar-refractivity contribution is 6.30. The maximum absolute atomic E-state index is 5.94. The van der Waals surface area contributed by atoms with Crippen LogP contribution in [-0.4, -0.2) is 9.97 Å². The second-order valence-electron chi connectivity index (χ2n) is 3.73. The first-order valence-corrected chi connectivity index (χ1v) is 5.63. The number of hydrazine groups is 1. The number of nitrogens with one attached hydrogen (secondary N) is 1. The topological polar surface area (TPSA) is 63.8 Å². The van der Waals surface area contributed by atoms with E-state index in [4.69, 9.17) is 17.4 Å².